The predicted octanol–water partition coefficient (Wildman–Crippen LogP) is 5.68. The highest BCUT2D eigenvalue weighted by Gasteiger charge is 2.67. The van der Waals surface area contributed by atoms with Gasteiger partial charge in [0.2, 0.25) is 11.8 Å². The van der Waals surface area contributed by atoms with Crippen LogP contribution in [-0.2, 0) is 26.7 Å². The van der Waals surface area contributed by atoms with E-state index < -0.39 is 76.5 Å². The molecule has 2 aromatic rings. The minimum atomic E-state index is -5.16. The molecule has 2 saturated heterocycles. The van der Waals surface area contributed by atoms with Gasteiger partial charge in [0.1, 0.15) is 5.75 Å². The molecule has 1 aliphatic carbocycles. The van der Waals surface area contributed by atoms with Crippen LogP contribution in [0.3, 0.4) is 0 Å². The van der Waals surface area contributed by atoms with Crippen LogP contribution in [0, 0.1) is 29.6 Å². The lowest BCUT2D eigenvalue weighted by Gasteiger charge is -2.46. The standard InChI is InChI=1S/C27H25F6NO5/c1-12(2)18-10-17-22(19-11-21(39-25(18,19)38)16-5-3-4-6-20(16)35)24(37)34(23(17)36)15-8-13(26(28,29)30)7-14(9-15)27(31,32)33/h3-9,12,17-19,21-22,35,38H,10-11H2,1-2H3/t17-,18+,19-,21-,22-,25+/m0/s1. The first kappa shape index (κ1) is 27.4. The van der Waals surface area contributed by atoms with Gasteiger partial charge in [0.15, 0.2) is 5.79 Å². The third-order valence-corrected chi connectivity index (χ3v) is 8.20. The molecule has 6 nitrogen and oxygen atoms in total. The van der Waals surface area contributed by atoms with E-state index in [2.05, 4.69) is 0 Å². The number of imide groups is 1. The van der Waals surface area contributed by atoms with Gasteiger partial charge < -0.3 is 14.9 Å². The van der Waals surface area contributed by atoms with E-state index in [0.717, 1.165) is 0 Å². The molecular formula is C27H25F6NO5. The lowest BCUT2D eigenvalue weighted by atomic mass is 9.62. The number of nitrogens with zero attached hydrogens (tertiary/aromatic N) is 1. The summed E-state index contributed by atoms with van der Waals surface area (Å²) < 4.78 is 87.0. The van der Waals surface area contributed by atoms with Gasteiger partial charge in [0.05, 0.1) is 34.8 Å². The highest BCUT2D eigenvalue weighted by atomic mass is 19.4. The van der Waals surface area contributed by atoms with Crippen molar-refractivity contribution >= 4 is 17.5 Å². The number of hydrogen-bond acceptors (Lipinski definition) is 5. The van der Waals surface area contributed by atoms with Crippen molar-refractivity contribution in [3.63, 3.8) is 0 Å². The average molecular weight is 557 g/mol. The van der Waals surface area contributed by atoms with E-state index in [1.807, 2.05) is 0 Å². The average Bonchev–Trinajstić information content (AvgIpc) is 3.30. The molecule has 210 valence electrons. The SMILES string of the molecule is CC(C)[C@H]1C[C@@H]2C(=O)N(c3cc(C(F)(F)F)cc(C(F)(F)F)c3)C(=O)[C@@H]2[C@@H]2C[C@@H](c3ccccc3O)O[C@]12O. The smallest absolute Gasteiger partial charge is 0.416 e. The first-order valence-corrected chi connectivity index (χ1v) is 12.4. The van der Waals surface area contributed by atoms with Crippen molar-refractivity contribution in [3.05, 3.63) is 59.2 Å². The minimum absolute atomic E-state index is 0.00170. The Morgan fingerprint density at radius 2 is 1.54 bits per heavy atom. The summed E-state index contributed by atoms with van der Waals surface area (Å²) in [6, 6.07) is 6.86. The molecule has 0 radical (unpaired) electrons. The van der Waals surface area contributed by atoms with E-state index in [1.54, 1.807) is 32.0 Å². The monoisotopic (exact) mass is 557 g/mol. The van der Waals surface area contributed by atoms with E-state index in [-0.39, 0.29) is 30.6 Å². The number of carbonyl (C=O) groups excluding carboxylic acids is 2. The van der Waals surface area contributed by atoms with Gasteiger partial charge in [-0.15, -0.1) is 0 Å². The van der Waals surface area contributed by atoms with Gasteiger partial charge >= 0.3 is 12.4 Å². The number of rotatable bonds is 3. The fraction of sp³-hybridized carbons (Fsp3) is 0.481. The lowest BCUT2D eigenvalue weighted by Crippen LogP contribution is -2.55. The normalized spacial score (nSPS) is 31.1. The van der Waals surface area contributed by atoms with E-state index >= 15 is 0 Å². The number of carbonyl (C=O) groups is 2. The maximum Gasteiger partial charge on any atom is 0.416 e. The second-order valence-electron chi connectivity index (χ2n) is 10.8. The second kappa shape index (κ2) is 8.95. The minimum Gasteiger partial charge on any atom is -0.508 e. The zero-order valence-corrected chi connectivity index (χ0v) is 20.8. The second-order valence-corrected chi connectivity index (χ2v) is 10.8. The van der Waals surface area contributed by atoms with Crippen LogP contribution in [0.2, 0.25) is 0 Å². The Labute approximate surface area is 219 Å². The van der Waals surface area contributed by atoms with E-state index in [9.17, 15) is 46.1 Å². The summed E-state index contributed by atoms with van der Waals surface area (Å²) in [6.45, 7) is 3.55. The number of ether oxygens (including phenoxy) is 1. The number of phenolic OH excluding ortho intramolecular Hbond substituents is 1. The van der Waals surface area contributed by atoms with E-state index in [1.165, 1.54) is 6.07 Å². The van der Waals surface area contributed by atoms with Crippen molar-refractivity contribution in [2.75, 3.05) is 4.90 Å². The molecule has 12 heteroatoms. The first-order valence-electron chi connectivity index (χ1n) is 12.4. The summed E-state index contributed by atoms with van der Waals surface area (Å²) in [5.41, 5.74) is -3.78. The Balaban J connectivity index is 1.59. The van der Waals surface area contributed by atoms with Gasteiger partial charge in [-0.3, -0.25) is 14.5 Å². The molecule has 0 bridgehead atoms. The van der Waals surface area contributed by atoms with Crippen molar-refractivity contribution in [1.29, 1.82) is 0 Å². The number of aromatic hydroxyl groups is 1. The molecule has 3 aliphatic rings. The Hall–Kier alpha value is -3.12. The summed E-state index contributed by atoms with van der Waals surface area (Å²) in [6.07, 6.45) is -11.2. The summed E-state index contributed by atoms with van der Waals surface area (Å²) in [7, 11) is 0. The molecule has 3 fully saturated rings. The number of anilines is 1. The van der Waals surface area contributed by atoms with Crippen LogP contribution in [0.5, 0.6) is 5.75 Å². The molecule has 1 saturated carbocycles. The number of fused-ring (bicyclic) bond motifs is 3. The first-order chi connectivity index (χ1) is 18.0. The number of benzene rings is 2. The predicted molar refractivity (Wildman–Crippen MR) is 124 cm³/mol. The molecule has 2 aliphatic heterocycles. The molecule has 5 rings (SSSR count). The third kappa shape index (κ3) is 4.37. The molecule has 0 aromatic heterocycles. The van der Waals surface area contributed by atoms with Crippen LogP contribution in [0.25, 0.3) is 0 Å². The zero-order valence-electron chi connectivity index (χ0n) is 20.8. The van der Waals surface area contributed by atoms with Crippen LogP contribution in [-0.4, -0.2) is 27.8 Å². The van der Waals surface area contributed by atoms with Crippen molar-refractivity contribution in [1.82, 2.24) is 0 Å². The van der Waals surface area contributed by atoms with Crippen LogP contribution in [0.4, 0.5) is 32.0 Å². The topological polar surface area (TPSA) is 87.1 Å². The van der Waals surface area contributed by atoms with E-state index in [0.29, 0.717) is 22.6 Å². The van der Waals surface area contributed by atoms with Crippen LogP contribution in [0.15, 0.2) is 42.5 Å². The molecule has 2 amide bonds. The Morgan fingerprint density at radius 1 is 0.949 bits per heavy atom. The van der Waals surface area contributed by atoms with Gasteiger partial charge in [-0.1, -0.05) is 32.0 Å². The Morgan fingerprint density at radius 3 is 2.08 bits per heavy atom. The Kier molecular flexibility index (Phi) is 6.30. The summed E-state index contributed by atoms with van der Waals surface area (Å²) in [4.78, 5) is 27.6. The summed E-state index contributed by atoms with van der Waals surface area (Å²) in [5.74, 6) is -8.19. The highest BCUT2D eigenvalue weighted by Crippen LogP contribution is 2.60. The quantitative estimate of drug-likeness (QED) is 0.375. The number of halogens is 6. The fourth-order valence-electron chi connectivity index (χ4n) is 6.44. The number of hydrogen-bond donors (Lipinski definition) is 2. The molecule has 6 atom stereocenters. The van der Waals surface area contributed by atoms with Gasteiger partial charge in [0.25, 0.3) is 0 Å². The summed E-state index contributed by atoms with van der Waals surface area (Å²) in [5, 5.41) is 22.1. The van der Waals surface area contributed by atoms with Crippen molar-refractivity contribution in [2.45, 2.75) is 50.9 Å². The number of amides is 2. The molecule has 0 spiro atoms. The highest BCUT2D eigenvalue weighted by molar-refractivity contribution is 6.22. The van der Waals surface area contributed by atoms with E-state index in [4.69, 9.17) is 4.74 Å². The van der Waals surface area contributed by atoms with Crippen molar-refractivity contribution < 1.29 is 50.9 Å². The van der Waals surface area contributed by atoms with Crippen LogP contribution >= 0.6 is 0 Å². The number of alkyl halides is 6. The molecule has 2 N–H and O–H groups in total. The van der Waals surface area contributed by atoms with Crippen molar-refractivity contribution in [2.24, 2.45) is 29.6 Å². The van der Waals surface area contributed by atoms with Crippen LogP contribution < -0.4 is 4.90 Å². The summed E-state index contributed by atoms with van der Waals surface area (Å²) >= 11 is 0. The zero-order chi connectivity index (χ0) is 28.7. The number of phenols is 1. The fourth-order valence-corrected chi connectivity index (χ4v) is 6.44. The van der Waals surface area contributed by atoms with Crippen molar-refractivity contribution in [3.8, 4) is 5.75 Å². The van der Waals surface area contributed by atoms with Crippen LogP contribution in [0.1, 0.15) is 49.5 Å². The largest absolute Gasteiger partial charge is 0.508 e. The maximum atomic E-state index is 13.7. The van der Waals surface area contributed by atoms with Gasteiger partial charge in [0, 0.05) is 17.4 Å². The molecule has 39 heavy (non-hydrogen) atoms. The molecule has 0 unspecified atom stereocenters. The number of aliphatic hydroxyl groups is 1. The van der Waals surface area contributed by atoms with Gasteiger partial charge in [-0.2, -0.15) is 26.3 Å². The maximum absolute atomic E-state index is 13.7. The third-order valence-electron chi connectivity index (χ3n) is 8.20. The number of para-hydroxylation sites is 1. The molecule has 2 heterocycles. The molecular weight excluding hydrogens is 532 g/mol. The lowest BCUT2D eigenvalue weighted by molar-refractivity contribution is -0.276. The van der Waals surface area contributed by atoms with Gasteiger partial charge in [-0.05, 0) is 43.0 Å². The Bertz CT molecular complexity index is 1290. The van der Waals surface area contributed by atoms with Gasteiger partial charge in [-0.25, -0.2) is 0 Å². The molecule has 2 aromatic carbocycles.